The van der Waals surface area contributed by atoms with Crippen molar-refractivity contribution in [1.29, 1.82) is 0 Å². The first kappa shape index (κ1) is 11.9. The molecule has 1 heterocycles. The summed E-state index contributed by atoms with van der Waals surface area (Å²) in [5, 5.41) is 15.6. The number of anilines is 2. The van der Waals surface area contributed by atoms with Gasteiger partial charge in [0.2, 0.25) is 5.91 Å². The van der Waals surface area contributed by atoms with Crippen LogP contribution in [0.5, 0.6) is 0 Å². The van der Waals surface area contributed by atoms with E-state index in [1.54, 1.807) is 13.8 Å². The van der Waals surface area contributed by atoms with E-state index in [0.717, 1.165) is 17.8 Å². The minimum Gasteiger partial charge on any atom is -0.389 e. The maximum atomic E-state index is 11.3. The molecule has 0 spiro atoms. The van der Waals surface area contributed by atoms with Crippen LogP contribution in [0.4, 0.5) is 11.4 Å². The zero-order valence-corrected chi connectivity index (χ0v) is 10.2. The molecule has 0 saturated heterocycles. The van der Waals surface area contributed by atoms with Crippen molar-refractivity contribution in [3.8, 4) is 0 Å². The lowest BCUT2D eigenvalue weighted by atomic mass is 10.0. The average Bonchev–Trinajstić information content (AvgIpc) is 2.24. The molecular weight excluding hydrogens is 216 g/mol. The molecule has 3 N–H and O–H groups in total. The van der Waals surface area contributed by atoms with Crippen LogP contribution in [0.3, 0.4) is 0 Å². The lowest BCUT2D eigenvalue weighted by molar-refractivity contribution is -0.116. The number of hydrogen-bond donors (Lipinski definition) is 3. The molecule has 1 amide bonds. The molecular formula is C13H18N2O2. The summed E-state index contributed by atoms with van der Waals surface area (Å²) >= 11 is 0. The summed E-state index contributed by atoms with van der Waals surface area (Å²) < 4.78 is 0. The second kappa shape index (κ2) is 4.37. The van der Waals surface area contributed by atoms with Gasteiger partial charge in [-0.3, -0.25) is 4.79 Å². The van der Waals surface area contributed by atoms with Crippen LogP contribution in [-0.4, -0.2) is 23.2 Å². The van der Waals surface area contributed by atoms with Gasteiger partial charge in [0, 0.05) is 24.3 Å². The van der Waals surface area contributed by atoms with Gasteiger partial charge in [-0.25, -0.2) is 0 Å². The van der Waals surface area contributed by atoms with E-state index in [-0.39, 0.29) is 5.91 Å². The Morgan fingerprint density at radius 2 is 2.18 bits per heavy atom. The zero-order chi connectivity index (χ0) is 12.5. The van der Waals surface area contributed by atoms with E-state index in [2.05, 4.69) is 10.6 Å². The number of fused-ring (bicyclic) bond motifs is 1. The fourth-order valence-electron chi connectivity index (χ4n) is 1.80. The van der Waals surface area contributed by atoms with Crippen molar-refractivity contribution in [2.45, 2.75) is 32.3 Å². The van der Waals surface area contributed by atoms with Gasteiger partial charge in [-0.1, -0.05) is 6.07 Å². The standard InChI is InChI=1S/C13H18N2O2/c1-13(2,17)8-14-10-5-3-9-4-6-12(16)15-11(9)7-10/h3,5,7,14,17H,4,6,8H2,1-2H3,(H,15,16). The first-order valence-corrected chi connectivity index (χ1v) is 5.83. The molecule has 0 aromatic heterocycles. The lowest BCUT2D eigenvalue weighted by Gasteiger charge is -2.21. The third kappa shape index (κ3) is 3.20. The van der Waals surface area contributed by atoms with Crippen LogP contribution in [0.1, 0.15) is 25.8 Å². The number of aliphatic hydroxyl groups is 1. The van der Waals surface area contributed by atoms with Gasteiger partial charge in [-0.05, 0) is 38.0 Å². The van der Waals surface area contributed by atoms with Gasteiger partial charge in [0.15, 0.2) is 0 Å². The number of carbonyl (C=O) groups is 1. The smallest absolute Gasteiger partial charge is 0.224 e. The normalized spacial score (nSPS) is 15.1. The Bertz CT molecular complexity index is 436. The number of aryl methyl sites for hydroxylation is 1. The van der Waals surface area contributed by atoms with E-state index >= 15 is 0 Å². The van der Waals surface area contributed by atoms with Crippen LogP contribution >= 0.6 is 0 Å². The highest BCUT2D eigenvalue weighted by atomic mass is 16.3. The van der Waals surface area contributed by atoms with E-state index in [1.165, 1.54) is 5.56 Å². The highest BCUT2D eigenvalue weighted by Gasteiger charge is 2.16. The van der Waals surface area contributed by atoms with Crippen molar-refractivity contribution in [3.05, 3.63) is 23.8 Å². The van der Waals surface area contributed by atoms with Gasteiger partial charge < -0.3 is 15.7 Å². The number of carbonyl (C=O) groups excluding carboxylic acids is 1. The molecule has 1 aromatic carbocycles. The predicted molar refractivity (Wildman–Crippen MR) is 68.2 cm³/mol. The molecule has 0 fully saturated rings. The number of rotatable bonds is 3. The molecule has 1 aliphatic rings. The molecule has 1 aliphatic heterocycles. The summed E-state index contributed by atoms with van der Waals surface area (Å²) in [6, 6.07) is 5.90. The van der Waals surface area contributed by atoms with E-state index in [0.29, 0.717) is 13.0 Å². The molecule has 17 heavy (non-hydrogen) atoms. The Balaban J connectivity index is 2.10. The number of hydrogen-bond acceptors (Lipinski definition) is 3. The number of amides is 1. The highest BCUT2D eigenvalue weighted by molar-refractivity contribution is 5.94. The molecule has 0 bridgehead atoms. The van der Waals surface area contributed by atoms with Crippen molar-refractivity contribution >= 4 is 17.3 Å². The molecule has 0 unspecified atom stereocenters. The Labute approximate surface area is 101 Å². The topological polar surface area (TPSA) is 61.4 Å². The second-order valence-corrected chi connectivity index (χ2v) is 5.09. The average molecular weight is 234 g/mol. The maximum Gasteiger partial charge on any atom is 0.224 e. The minimum atomic E-state index is -0.751. The molecule has 4 nitrogen and oxygen atoms in total. The number of nitrogens with one attached hydrogen (secondary N) is 2. The quantitative estimate of drug-likeness (QED) is 0.746. The van der Waals surface area contributed by atoms with Gasteiger partial charge in [-0.2, -0.15) is 0 Å². The van der Waals surface area contributed by atoms with Gasteiger partial charge in [0.05, 0.1) is 5.60 Å². The Kier molecular flexibility index (Phi) is 3.07. The van der Waals surface area contributed by atoms with Crippen LogP contribution in [0.25, 0.3) is 0 Å². The first-order valence-electron chi connectivity index (χ1n) is 5.83. The lowest BCUT2D eigenvalue weighted by Crippen LogP contribution is -2.29. The molecule has 92 valence electrons. The van der Waals surface area contributed by atoms with Crippen LogP contribution in [0.2, 0.25) is 0 Å². The number of benzene rings is 1. The van der Waals surface area contributed by atoms with E-state index in [9.17, 15) is 9.90 Å². The summed E-state index contributed by atoms with van der Waals surface area (Å²) in [7, 11) is 0. The Morgan fingerprint density at radius 3 is 2.88 bits per heavy atom. The SMILES string of the molecule is CC(C)(O)CNc1ccc2c(c1)NC(=O)CC2. The molecule has 0 radical (unpaired) electrons. The van der Waals surface area contributed by atoms with Gasteiger partial charge >= 0.3 is 0 Å². The van der Waals surface area contributed by atoms with E-state index in [1.807, 2.05) is 18.2 Å². The maximum absolute atomic E-state index is 11.3. The molecule has 0 aliphatic carbocycles. The molecule has 0 saturated carbocycles. The monoisotopic (exact) mass is 234 g/mol. The van der Waals surface area contributed by atoms with Crippen LogP contribution in [0.15, 0.2) is 18.2 Å². The largest absolute Gasteiger partial charge is 0.389 e. The zero-order valence-electron chi connectivity index (χ0n) is 10.2. The van der Waals surface area contributed by atoms with E-state index < -0.39 is 5.60 Å². The minimum absolute atomic E-state index is 0.0668. The summed E-state index contributed by atoms with van der Waals surface area (Å²) in [4.78, 5) is 11.3. The fourth-order valence-corrected chi connectivity index (χ4v) is 1.80. The third-order valence-electron chi connectivity index (χ3n) is 2.73. The fraction of sp³-hybridized carbons (Fsp3) is 0.462. The summed E-state index contributed by atoms with van der Waals surface area (Å²) in [6.07, 6.45) is 1.36. The Hall–Kier alpha value is -1.55. The van der Waals surface area contributed by atoms with Crippen molar-refractivity contribution in [1.82, 2.24) is 0 Å². The first-order chi connectivity index (χ1) is 7.94. The van der Waals surface area contributed by atoms with Crippen LogP contribution < -0.4 is 10.6 Å². The van der Waals surface area contributed by atoms with Crippen molar-refractivity contribution in [2.24, 2.45) is 0 Å². The van der Waals surface area contributed by atoms with Crippen LogP contribution in [0, 0.1) is 0 Å². The van der Waals surface area contributed by atoms with Gasteiger partial charge in [0.25, 0.3) is 0 Å². The van der Waals surface area contributed by atoms with Crippen LogP contribution in [-0.2, 0) is 11.2 Å². The highest BCUT2D eigenvalue weighted by Crippen LogP contribution is 2.26. The predicted octanol–water partition coefficient (Wildman–Crippen LogP) is 1.75. The second-order valence-electron chi connectivity index (χ2n) is 5.09. The summed E-state index contributed by atoms with van der Waals surface area (Å²) in [6.45, 7) is 3.97. The van der Waals surface area contributed by atoms with Crippen molar-refractivity contribution in [3.63, 3.8) is 0 Å². The molecule has 2 rings (SSSR count). The van der Waals surface area contributed by atoms with Crippen molar-refractivity contribution < 1.29 is 9.90 Å². The van der Waals surface area contributed by atoms with Crippen molar-refractivity contribution in [2.75, 3.05) is 17.2 Å². The summed E-state index contributed by atoms with van der Waals surface area (Å²) in [5.41, 5.74) is 2.20. The third-order valence-corrected chi connectivity index (χ3v) is 2.73. The molecule has 0 atom stereocenters. The molecule has 4 heteroatoms. The van der Waals surface area contributed by atoms with E-state index in [4.69, 9.17) is 0 Å². The molecule has 1 aromatic rings. The van der Waals surface area contributed by atoms with Gasteiger partial charge in [-0.15, -0.1) is 0 Å². The van der Waals surface area contributed by atoms with Gasteiger partial charge in [0.1, 0.15) is 0 Å². The summed E-state index contributed by atoms with van der Waals surface area (Å²) in [5.74, 6) is 0.0668. The Morgan fingerprint density at radius 1 is 1.41 bits per heavy atom.